The second kappa shape index (κ2) is 7.42. The fraction of sp³-hybridized carbons (Fsp3) is 0.312. The fourth-order valence-corrected chi connectivity index (χ4v) is 2.92. The van der Waals surface area contributed by atoms with Crippen molar-refractivity contribution in [2.75, 3.05) is 0 Å². The van der Waals surface area contributed by atoms with E-state index in [-0.39, 0.29) is 4.88 Å². The van der Waals surface area contributed by atoms with Gasteiger partial charge in [0.15, 0.2) is 5.60 Å². The zero-order valence-corrected chi connectivity index (χ0v) is 14.7. The lowest BCUT2D eigenvalue weighted by Gasteiger charge is -2.25. The standard InChI is InChI=1S/C16H16F3N3O3S/c1-9-12(26-14(20-9)10-6-4-3-5-7-10)13(24)22-21-11(23)8-15(2,25)16(17,18)19/h3-7,25H,8H2,1-2H3,(H,21,23)(H,22,24)/t15-/m1/s1. The molecule has 0 fully saturated rings. The van der Waals surface area contributed by atoms with Crippen molar-refractivity contribution in [2.24, 2.45) is 0 Å². The van der Waals surface area contributed by atoms with E-state index in [1.54, 1.807) is 6.92 Å². The van der Waals surface area contributed by atoms with Crippen molar-refractivity contribution in [3.05, 3.63) is 40.9 Å². The summed E-state index contributed by atoms with van der Waals surface area (Å²) >= 11 is 1.09. The number of aliphatic hydroxyl groups is 1. The molecule has 0 saturated carbocycles. The number of aryl methyl sites for hydroxylation is 1. The third-order valence-electron chi connectivity index (χ3n) is 3.45. The maximum absolute atomic E-state index is 12.6. The maximum atomic E-state index is 12.6. The van der Waals surface area contributed by atoms with E-state index in [9.17, 15) is 27.9 Å². The smallest absolute Gasteiger partial charge is 0.380 e. The van der Waals surface area contributed by atoms with Crippen LogP contribution >= 0.6 is 11.3 Å². The first-order chi connectivity index (χ1) is 12.0. The van der Waals surface area contributed by atoms with Gasteiger partial charge in [0, 0.05) is 5.56 Å². The summed E-state index contributed by atoms with van der Waals surface area (Å²) in [7, 11) is 0. The van der Waals surface area contributed by atoms with E-state index in [0.717, 1.165) is 16.9 Å². The molecular weight excluding hydrogens is 371 g/mol. The molecule has 0 aliphatic heterocycles. The number of halogens is 3. The van der Waals surface area contributed by atoms with Gasteiger partial charge < -0.3 is 5.11 Å². The lowest BCUT2D eigenvalue weighted by molar-refractivity contribution is -0.253. The highest BCUT2D eigenvalue weighted by molar-refractivity contribution is 7.17. The molecule has 26 heavy (non-hydrogen) atoms. The maximum Gasteiger partial charge on any atom is 0.417 e. The number of nitrogens with zero attached hydrogens (tertiary/aromatic N) is 1. The number of carbonyl (C=O) groups is 2. The average molecular weight is 387 g/mol. The second-order valence-corrected chi connectivity index (χ2v) is 6.75. The molecule has 2 amide bonds. The normalized spacial score (nSPS) is 13.8. The lowest BCUT2D eigenvalue weighted by Crippen LogP contribution is -2.49. The number of hydrazine groups is 1. The molecule has 0 saturated heterocycles. The summed E-state index contributed by atoms with van der Waals surface area (Å²) in [6.07, 6.45) is -6.21. The number of carbonyl (C=O) groups excluding carboxylic acids is 2. The highest BCUT2D eigenvalue weighted by atomic mass is 32.1. The first-order valence-electron chi connectivity index (χ1n) is 7.42. The van der Waals surface area contributed by atoms with Gasteiger partial charge in [-0.3, -0.25) is 20.4 Å². The molecule has 1 heterocycles. The summed E-state index contributed by atoms with van der Waals surface area (Å²) < 4.78 is 37.7. The Morgan fingerprint density at radius 2 is 1.81 bits per heavy atom. The van der Waals surface area contributed by atoms with Crippen LogP contribution in [0.1, 0.15) is 28.7 Å². The van der Waals surface area contributed by atoms with Crippen LogP contribution in [-0.2, 0) is 4.79 Å². The number of aromatic nitrogens is 1. The van der Waals surface area contributed by atoms with E-state index in [1.807, 2.05) is 41.2 Å². The van der Waals surface area contributed by atoms with E-state index < -0.39 is 30.0 Å². The zero-order chi connectivity index (χ0) is 19.5. The summed E-state index contributed by atoms with van der Waals surface area (Å²) in [5.41, 5.74) is 1.94. The van der Waals surface area contributed by atoms with E-state index in [0.29, 0.717) is 17.6 Å². The van der Waals surface area contributed by atoms with Crippen LogP contribution in [0.15, 0.2) is 30.3 Å². The van der Waals surface area contributed by atoms with Gasteiger partial charge in [-0.1, -0.05) is 30.3 Å². The lowest BCUT2D eigenvalue weighted by atomic mass is 10.0. The van der Waals surface area contributed by atoms with Crippen molar-refractivity contribution in [1.82, 2.24) is 15.8 Å². The Morgan fingerprint density at radius 3 is 2.38 bits per heavy atom. The Balaban J connectivity index is 2.01. The zero-order valence-electron chi connectivity index (χ0n) is 13.8. The molecular formula is C16H16F3N3O3S. The summed E-state index contributed by atoms with van der Waals surface area (Å²) in [6.45, 7) is 2.09. The Kier molecular flexibility index (Phi) is 5.67. The van der Waals surface area contributed by atoms with E-state index in [1.165, 1.54) is 0 Å². The minimum Gasteiger partial charge on any atom is -0.380 e. The number of benzene rings is 1. The number of amides is 2. The second-order valence-electron chi connectivity index (χ2n) is 5.75. The van der Waals surface area contributed by atoms with Crippen molar-refractivity contribution < 1.29 is 27.9 Å². The Morgan fingerprint density at radius 1 is 1.19 bits per heavy atom. The van der Waals surface area contributed by atoms with Crippen LogP contribution in [0.5, 0.6) is 0 Å². The van der Waals surface area contributed by atoms with E-state index >= 15 is 0 Å². The highest BCUT2D eigenvalue weighted by Crippen LogP contribution is 2.32. The van der Waals surface area contributed by atoms with Gasteiger partial charge >= 0.3 is 6.18 Å². The molecule has 3 N–H and O–H groups in total. The van der Waals surface area contributed by atoms with Crippen LogP contribution in [0, 0.1) is 6.92 Å². The quantitative estimate of drug-likeness (QED) is 0.704. The molecule has 0 aliphatic carbocycles. The molecule has 0 unspecified atom stereocenters. The van der Waals surface area contributed by atoms with Crippen LogP contribution in [0.3, 0.4) is 0 Å². The third-order valence-corrected chi connectivity index (χ3v) is 4.66. The van der Waals surface area contributed by atoms with Gasteiger partial charge in [0.25, 0.3) is 5.91 Å². The van der Waals surface area contributed by atoms with Crippen molar-refractivity contribution in [2.45, 2.75) is 32.0 Å². The Labute approximate surface area is 151 Å². The number of nitrogens with one attached hydrogen (secondary N) is 2. The van der Waals surface area contributed by atoms with Crippen LogP contribution in [0.4, 0.5) is 13.2 Å². The number of hydrogen-bond donors (Lipinski definition) is 3. The first kappa shape index (κ1) is 19.9. The van der Waals surface area contributed by atoms with Gasteiger partial charge in [-0.25, -0.2) is 4.98 Å². The summed E-state index contributed by atoms with van der Waals surface area (Å²) in [5.74, 6) is -1.88. The van der Waals surface area contributed by atoms with Crippen LogP contribution < -0.4 is 10.9 Å². The number of rotatable bonds is 4. The molecule has 1 aromatic heterocycles. The van der Waals surface area contributed by atoms with Crippen LogP contribution in [0.2, 0.25) is 0 Å². The van der Waals surface area contributed by atoms with Crippen LogP contribution in [-0.4, -0.2) is 33.7 Å². The van der Waals surface area contributed by atoms with Crippen molar-refractivity contribution in [1.29, 1.82) is 0 Å². The van der Waals surface area contributed by atoms with Gasteiger partial charge in [0.1, 0.15) is 9.88 Å². The SMILES string of the molecule is Cc1nc(-c2ccccc2)sc1C(=O)NNC(=O)C[C@@](C)(O)C(F)(F)F. The molecule has 0 aliphatic rings. The molecule has 2 rings (SSSR count). The molecule has 0 bridgehead atoms. The third kappa shape index (κ3) is 4.58. The molecule has 1 atom stereocenters. The fourth-order valence-electron chi connectivity index (χ4n) is 1.95. The number of thiazole rings is 1. The highest BCUT2D eigenvalue weighted by Gasteiger charge is 2.51. The van der Waals surface area contributed by atoms with E-state index in [4.69, 9.17) is 0 Å². The Hall–Kier alpha value is -2.46. The van der Waals surface area contributed by atoms with Gasteiger partial charge in [-0.05, 0) is 13.8 Å². The number of alkyl halides is 3. The van der Waals surface area contributed by atoms with Crippen molar-refractivity contribution in [3.63, 3.8) is 0 Å². The summed E-state index contributed by atoms with van der Waals surface area (Å²) in [5, 5.41) is 9.87. The Bertz CT molecular complexity index is 804. The predicted octanol–water partition coefficient (Wildman–Crippen LogP) is 2.58. The molecule has 10 heteroatoms. The average Bonchev–Trinajstić information content (AvgIpc) is 2.94. The minimum absolute atomic E-state index is 0.215. The van der Waals surface area contributed by atoms with Gasteiger partial charge in [-0.2, -0.15) is 13.2 Å². The molecule has 6 nitrogen and oxygen atoms in total. The first-order valence-corrected chi connectivity index (χ1v) is 8.24. The number of hydrogen-bond acceptors (Lipinski definition) is 5. The molecule has 0 spiro atoms. The summed E-state index contributed by atoms with van der Waals surface area (Å²) in [6, 6.07) is 9.11. The largest absolute Gasteiger partial charge is 0.417 e. The summed E-state index contributed by atoms with van der Waals surface area (Å²) in [4.78, 5) is 28.2. The molecule has 2 aromatic rings. The molecule has 0 radical (unpaired) electrons. The topological polar surface area (TPSA) is 91.3 Å². The van der Waals surface area contributed by atoms with E-state index in [2.05, 4.69) is 4.98 Å². The van der Waals surface area contributed by atoms with Gasteiger partial charge in [-0.15, -0.1) is 11.3 Å². The van der Waals surface area contributed by atoms with Crippen molar-refractivity contribution >= 4 is 23.2 Å². The van der Waals surface area contributed by atoms with Crippen LogP contribution in [0.25, 0.3) is 10.6 Å². The molecule has 1 aromatic carbocycles. The predicted molar refractivity (Wildman–Crippen MR) is 89.2 cm³/mol. The monoisotopic (exact) mass is 387 g/mol. The van der Waals surface area contributed by atoms with Gasteiger partial charge in [0.05, 0.1) is 12.1 Å². The van der Waals surface area contributed by atoms with Crippen molar-refractivity contribution in [3.8, 4) is 10.6 Å². The molecule has 140 valence electrons. The minimum atomic E-state index is -4.97. The van der Waals surface area contributed by atoms with Gasteiger partial charge in [0.2, 0.25) is 5.91 Å².